The maximum atomic E-state index is 11.0. The average Bonchev–Trinajstić information content (AvgIpc) is 2.64. The third-order valence-electron chi connectivity index (χ3n) is 1.85. The van der Waals surface area contributed by atoms with Crippen LogP contribution in [0.4, 0.5) is 0 Å². The highest BCUT2D eigenvalue weighted by atomic mass is 16.5. The number of nitrogens with zero attached hydrogens (tertiary/aromatic N) is 2. The van der Waals surface area contributed by atoms with Crippen molar-refractivity contribution in [1.82, 2.24) is 9.55 Å². The summed E-state index contributed by atoms with van der Waals surface area (Å²) < 4.78 is 6.05. The molecule has 0 fully saturated rings. The number of methoxy groups -OCH3 is 1. The average molecular weight is 199 g/mol. The van der Waals surface area contributed by atoms with Crippen LogP contribution >= 0.6 is 0 Å². The number of carbonyl (C=O) groups is 1. The van der Waals surface area contributed by atoms with Gasteiger partial charge in [-0.15, -0.1) is 0 Å². The summed E-state index contributed by atoms with van der Waals surface area (Å²) in [6.07, 6.45) is 2.99. The van der Waals surface area contributed by atoms with Gasteiger partial charge in [0.05, 0.1) is 31.8 Å². The van der Waals surface area contributed by atoms with Crippen LogP contribution in [0, 0.1) is 0 Å². The topological polar surface area (TPSA) is 90.4 Å². The van der Waals surface area contributed by atoms with E-state index in [-0.39, 0.29) is 19.1 Å². The molecule has 0 saturated heterocycles. The lowest BCUT2D eigenvalue weighted by molar-refractivity contribution is -0.141. The Balaban J connectivity index is 2.77. The molecule has 1 aromatic heterocycles. The van der Waals surface area contributed by atoms with E-state index in [1.165, 1.54) is 19.6 Å². The fourth-order valence-electron chi connectivity index (χ4n) is 1.07. The molecule has 0 spiro atoms. The summed E-state index contributed by atoms with van der Waals surface area (Å²) in [4.78, 5) is 14.8. The molecule has 78 valence electrons. The second-order valence-electron chi connectivity index (χ2n) is 2.81. The number of ether oxygens (including phenoxy) is 1. The predicted molar refractivity (Wildman–Crippen MR) is 48.3 cm³/mol. The van der Waals surface area contributed by atoms with Crippen LogP contribution in [0.5, 0.6) is 0 Å². The molecule has 1 atom stereocenters. The summed E-state index contributed by atoms with van der Waals surface area (Å²) in [5.41, 5.74) is 6.20. The van der Waals surface area contributed by atoms with Gasteiger partial charge in [-0.05, 0) is 0 Å². The first kappa shape index (κ1) is 10.7. The van der Waals surface area contributed by atoms with E-state index in [2.05, 4.69) is 9.72 Å². The molecule has 0 bridgehead atoms. The van der Waals surface area contributed by atoms with Crippen molar-refractivity contribution in [1.29, 1.82) is 0 Å². The number of hydrogen-bond acceptors (Lipinski definition) is 5. The first-order valence-corrected chi connectivity index (χ1v) is 4.12. The molecule has 1 unspecified atom stereocenters. The van der Waals surface area contributed by atoms with E-state index in [1.807, 2.05) is 0 Å². The maximum Gasteiger partial charge on any atom is 0.325 e. The number of esters is 1. The van der Waals surface area contributed by atoms with Crippen LogP contribution in [0.3, 0.4) is 0 Å². The maximum absolute atomic E-state index is 11.0. The molecule has 0 aliphatic carbocycles. The summed E-state index contributed by atoms with van der Waals surface area (Å²) in [5, 5.41) is 8.84. The van der Waals surface area contributed by atoms with E-state index >= 15 is 0 Å². The molecule has 0 radical (unpaired) electrons. The van der Waals surface area contributed by atoms with Crippen LogP contribution in [0.1, 0.15) is 11.7 Å². The Labute approximate surface area is 81.3 Å². The van der Waals surface area contributed by atoms with Crippen molar-refractivity contribution >= 4 is 5.97 Å². The molecule has 0 aromatic carbocycles. The van der Waals surface area contributed by atoms with Crippen molar-refractivity contribution in [2.75, 3.05) is 13.7 Å². The number of aliphatic hydroxyl groups is 1. The molecule has 6 nitrogen and oxygen atoms in total. The fraction of sp³-hybridized carbons (Fsp3) is 0.500. The minimum Gasteiger partial charge on any atom is -0.468 e. The highest BCUT2D eigenvalue weighted by Crippen LogP contribution is 2.08. The monoisotopic (exact) mass is 199 g/mol. The second-order valence-corrected chi connectivity index (χ2v) is 2.81. The van der Waals surface area contributed by atoms with Gasteiger partial charge >= 0.3 is 5.97 Å². The van der Waals surface area contributed by atoms with E-state index < -0.39 is 6.04 Å². The fourth-order valence-corrected chi connectivity index (χ4v) is 1.07. The van der Waals surface area contributed by atoms with Crippen molar-refractivity contribution < 1.29 is 14.6 Å². The Morgan fingerprint density at radius 1 is 1.86 bits per heavy atom. The van der Waals surface area contributed by atoms with Crippen LogP contribution in [0.2, 0.25) is 0 Å². The molecule has 1 rings (SSSR count). The van der Waals surface area contributed by atoms with Gasteiger partial charge in [0.1, 0.15) is 6.54 Å². The van der Waals surface area contributed by atoms with Gasteiger partial charge in [0.2, 0.25) is 0 Å². The largest absolute Gasteiger partial charge is 0.468 e. The summed E-state index contributed by atoms with van der Waals surface area (Å²) in [5.74, 6) is -0.380. The van der Waals surface area contributed by atoms with Gasteiger partial charge in [-0.1, -0.05) is 0 Å². The number of imidazole rings is 1. The predicted octanol–water partition coefficient (Wildman–Crippen LogP) is -0.952. The number of rotatable bonds is 4. The Hall–Kier alpha value is -1.40. The summed E-state index contributed by atoms with van der Waals surface area (Å²) in [7, 11) is 1.31. The molecule has 0 amide bonds. The molecule has 0 saturated carbocycles. The van der Waals surface area contributed by atoms with Crippen molar-refractivity contribution in [3.05, 3.63) is 18.2 Å². The van der Waals surface area contributed by atoms with Crippen LogP contribution in [0.15, 0.2) is 12.5 Å². The molecule has 1 heterocycles. The van der Waals surface area contributed by atoms with Gasteiger partial charge in [-0.25, -0.2) is 4.98 Å². The number of aromatic nitrogens is 2. The van der Waals surface area contributed by atoms with Crippen LogP contribution < -0.4 is 5.73 Å². The van der Waals surface area contributed by atoms with E-state index in [0.717, 1.165) is 0 Å². The highest BCUT2D eigenvalue weighted by molar-refractivity contribution is 5.69. The van der Waals surface area contributed by atoms with Crippen LogP contribution in [0.25, 0.3) is 0 Å². The normalized spacial score (nSPS) is 12.5. The zero-order valence-corrected chi connectivity index (χ0v) is 7.88. The number of aliphatic hydroxyl groups excluding tert-OH is 1. The third kappa shape index (κ3) is 2.30. The first-order valence-electron chi connectivity index (χ1n) is 4.12. The molecule has 6 heteroatoms. The SMILES string of the molecule is COC(=O)Cn1cncc1C(N)CO. The minimum absolute atomic E-state index is 0.0551. The minimum atomic E-state index is -0.526. The Morgan fingerprint density at radius 3 is 3.14 bits per heavy atom. The zero-order chi connectivity index (χ0) is 10.6. The van der Waals surface area contributed by atoms with E-state index in [1.54, 1.807) is 4.57 Å². The lowest BCUT2D eigenvalue weighted by Gasteiger charge is -2.10. The number of hydrogen-bond donors (Lipinski definition) is 2. The lowest BCUT2D eigenvalue weighted by Crippen LogP contribution is -2.21. The lowest BCUT2D eigenvalue weighted by atomic mass is 10.2. The van der Waals surface area contributed by atoms with Crippen molar-refractivity contribution in [2.24, 2.45) is 5.73 Å². The Bertz CT molecular complexity index is 311. The van der Waals surface area contributed by atoms with Crippen LogP contribution in [-0.2, 0) is 16.1 Å². The molecular formula is C8H13N3O3. The van der Waals surface area contributed by atoms with Gasteiger partial charge in [0.25, 0.3) is 0 Å². The van der Waals surface area contributed by atoms with Gasteiger partial charge in [-0.2, -0.15) is 0 Å². The zero-order valence-electron chi connectivity index (χ0n) is 7.88. The molecule has 14 heavy (non-hydrogen) atoms. The summed E-state index contributed by atoms with van der Waals surface area (Å²) in [6, 6.07) is -0.526. The van der Waals surface area contributed by atoms with E-state index in [0.29, 0.717) is 5.69 Å². The number of nitrogens with two attached hydrogens (primary N) is 1. The first-order chi connectivity index (χ1) is 6.69. The quantitative estimate of drug-likeness (QED) is 0.610. The third-order valence-corrected chi connectivity index (χ3v) is 1.85. The van der Waals surface area contributed by atoms with Crippen molar-refractivity contribution in [3.63, 3.8) is 0 Å². The van der Waals surface area contributed by atoms with Gasteiger partial charge in [0, 0.05) is 6.20 Å². The van der Waals surface area contributed by atoms with Gasteiger partial charge in [-0.3, -0.25) is 4.79 Å². The van der Waals surface area contributed by atoms with Gasteiger partial charge in [0.15, 0.2) is 0 Å². The standard InChI is InChI=1S/C8H13N3O3/c1-14-8(13)3-11-5-10-2-7(11)6(9)4-12/h2,5-6,12H,3-4,9H2,1H3. The van der Waals surface area contributed by atoms with Crippen LogP contribution in [-0.4, -0.2) is 34.3 Å². The molecule has 0 aliphatic heterocycles. The van der Waals surface area contributed by atoms with Gasteiger partial charge < -0.3 is 20.1 Å². The molecular weight excluding hydrogens is 186 g/mol. The smallest absolute Gasteiger partial charge is 0.325 e. The second kappa shape index (κ2) is 4.73. The summed E-state index contributed by atoms with van der Waals surface area (Å²) >= 11 is 0. The van der Waals surface area contributed by atoms with E-state index in [4.69, 9.17) is 10.8 Å². The van der Waals surface area contributed by atoms with E-state index in [9.17, 15) is 4.79 Å². The van der Waals surface area contributed by atoms with Crippen molar-refractivity contribution in [2.45, 2.75) is 12.6 Å². The Morgan fingerprint density at radius 2 is 2.57 bits per heavy atom. The molecule has 0 aliphatic rings. The summed E-state index contributed by atoms with van der Waals surface area (Å²) in [6.45, 7) is -0.133. The number of carbonyl (C=O) groups excluding carboxylic acids is 1. The molecule has 3 N–H and O–H groups in total. The molecule has 1 aromatic rings. The Kier molecular flexibility index (Phi) is 3.61. The van der Waals surface area contributed by atoms with Crippen molar-refractivity contribution in [3.8, 4) is 0 Å². The highest BCUT2D eigenvalue weighted by Gasteiger charge is 2.12.